The Kier molecular flexibility index (Phi) is 4.76. The minimum Gasteiger partial charge on any atom is -0.497 e. The molecule has 1 atom stereocenters. The van der Waals surface area contributed by atoms with E-state index in [1.807, 2.05) is 0 Å². The number of benzene rings is 1. The number of ether oxygens (including phenoxy) is 1. The van der Waals surface area contributed by atoms with Crippen LogP contribution in [0.25, 0.3) is 0 Å². The van der Waals surface area contributed by atoms with Gasteiger partial charge >= 0.3 is 18.0 Å². The minimum absolute atomic E-state index is 0.0408. The lowest BCUT2D eigenvalue weighted by Crippen LogP contribution is -2.58. The lowest BCUT2D eigenvalue weighted by Gasteiger charge is -2.31. The number of halogens is 7. The van der Waals surface area contributed by atoms with E-state index in [4.69, 9.17) is 9.84 Å². The van der Waals surface area contributed by atoms with E-state index in [0.717, 1.165) is 0 Å². The van der Waals surface area contributed by atoms with Crippen molar-refractivity contribution < 1.29 is 40.6 Å². The van der Waals surface area contributed by atoms with Gasteiger partial charge in [0.2, 0.25) is 0 Å². The van der Waals surface area contributed by atoms with E-state index < -0.39 is 30.5 Å². The average Bonchev–Trinajstić information content (AvgIpc) is 2.38. The van der Waals surface area contributed by atoms with E-state index >= 15 is 0 Å². The van der Waals surface area contributed by atoms with Crippen LogP contribution in [0.4, 0.5) is 30.7 Å². The zero-order chi connectivity index (χ0) is 16.5. The van der Waals surface area contributed by atoms with Crippen molar-refractivity contribution in [1.82, 2.24) is 0 Å². The SMILES string of the molecule is COc1ccc(CC(O)C(F)(F)C(F)(F)C(F)(F)F)cc1. The molecule has 0 spiro atoms. The summed E-state index contributed by atoms with van der Waals surface area (Å²) in [7, 11) is 1.32. The molecular weight excluding hydrogens is 309 g/mol. The van der Waals surface area contributed by atoms with Crippen molar-refractivity contribution in [2.45, 2.75) is 30.5 Å². The van der Waals surface area contributed by atoms with Gasteiger partial charge in [-0.2, -0.15) is 30.7 Å². The van der Waals surface area contributed by atoms with Crippen LogP contribution in [0.2, 0.25) is 0 Å². The molecule has 0 aliphatic heterocycles. The van der Waals surface area contributed by atoms with Crippen LogP contribution in [-0.2, 0) is 6.42 Å². The maximum absolute atomic E-state index is 13.2. The topological polar surface area (TPSA) is 29.5 Å². The van der Waals surface area contributed by atoms with Gasteiger partial charge in [0, 0.05) is 6.42 Å². The second-order valence-electron chi connectivity index (χ2n) is 4.26. The van der Waals surface area contributed by atoms with Crippen LogP contribution in [0.3, 0.4) is 0 Å². The molecule has 0 saturated heterocycles. The summed E-state index contributed by atoms with van der Waals surface area (Å²) in [4.78, 5) is 0. The third-order valence-corrected chi connectivity index (χ3v) is 2.78. The predicted octanol–water partition coefficient (Wildman–Crippen LogP) is 3.43. The summed E-state index contributed by atoms with van der Waals surface area (Å²) in [6.45, 7) is 0. The lowest BCUT2D eigenvalue weighted by molar-refractivity contribution is -0.370. The highest BCUT2D eigenvalue weighted by Crippen LogP contribution is 2.48. The van der Waals surface area contributed by atoms with Gasteiger partial charge in [0.1, 0.15) is 11.9 Å². The Bertz CT molecular complexity index is 467. The van der Waals surface area contributed by atoms with Crippen LogP contribution in [0.15, 0.2) is 24.3 Å². The molecule has 1 N–H and O–H groups in total. The van der Waals surface area contributed by atoms with Crippen LogP contribution in [0, 0.1) is 0 Å². The van der Waals surface area contributed by atoms with E-state index in [2.05, 4.69) is 0 Å². The van der Waals surface area contributed by atoms with Crippen LogP contribution in [-0.4, -0.2) is 36.3 Å². The summed E-state index contributed by atoms with van der Waals surface area (Å²) in [5.74, 6) is -11.6. The molecule has 1 aromatic rings. The third kappa shape index (κ3) is 3.39. The zero-order valence-electron chi connectivity index (χ0n) is 10.6. The Morgan fingerprint density at radius 3 is 1.86 bits per heavy atom. The van der Waals surface area contributed by atoms with Crippen molar-refractivity contribution in [1.29, 1.82) is 0 Å². The second-order valence-corrected chi connectivity index (χ2v) is 4.26. The van der Waals surface area contributed by atoms with E-state index in [-0.39, 0.29) is 5.56 Å². The fourth-order valence-electron chi connectivity index (χ4n) is 1.51. The van der Waals surface area contributed by atoms with E-state index in [1.54, 1.807) is 0 Å². The molecule has 0 heterocycles. The number of methoxy groups -OCH3 is 1. The van der Waals surface area contributed by atoms with Gasteiger partial charge in [0.25, 0.3) is 0 Å². The Hall–Kier alpha value is -1.51. The normalized spacial score (nSPS) is 14.9. The quantitative estimate of drug-likeness (QED) is 0.842. The van der Waals surface area contributed by atoms with Crippen molar-refractivity contribution in [3.05, 3.63) is 29.8 Å². The fraction of sp³-hybridized carbons (Fsp3) is 0.500. The molecule has 0 fully saturated rings. The highest BCUT2D eigenvalue weighted by atomic mass is 19.4. The standard InChI is InChI=1S/C12H11F7O2/c1-21-8-4-2-7(3-5-8)6-9(20)10(13,14)11(15,16)12(17,18)19/h2-5,9,20H,6H2,1H3. The molecule has 9 heteroatoms. The smallest absolute Gasteiger partial charge is 0.459 e. The van der Waals surface area contributed by atoms with E-state index in [1.165, 1.54) is 31.4 Å². The van der Waals surface area contributed by atoms with Crippen molar-refractivity contribution in [3.63, 3.8) is 0 Å². The van der Waals surface area contributed by atoms with Crippen molar-refractivity contribution in [2.24, 2.45) is 0 Å². The molecule has 0 saturated carbocycles. The first-order valence-corrected chi connectivity index (χ1v) is 5.57. The van der Waals surface area contributed by atoms with Gasteiger partial charge in [-0.3, -0.25) is 0 Å². The molecule has 0 aliphatic carbocycles. The first kappa shape index (κ1) is 17.5. The second kappa shape index (κ2) is 5.70. The van der Waals surface area contributed by atoms with E-state index in [0.29, 0.717) is 5.75 Å². The average molecular weight is 320 g/mol. The number of aliphatic hydroxyl groups is 1. The van der Waals surface area contributed by atoms with Crippen LogP contribution in [0.1, 0.15) is 5.56 Å². The summed E-state index contributed by atoms with van der Waals surface area (Å²) in [5, 5.41) is 9.09. The van der Waals surface area contributed by atoms with Crippen molar-refractivity contribution in [3.8, 4) is 5.75 Å². The van der Waals surface area contributed by atoms with E-state index in [9.17, 15) is 30.7 Å². The minimum atomic E-state index is -6.46. The van der Waals surface area contributed by atoms with Crippen molar-refractivity contribution in [2.75, 3.05) is 7.11 Å². The van der Waals surface area contributed by atoms with Gasteiger partial charge < -0.3 is 9.84 Å². The Balaban J connectivity index is 2.93. The molecule has 21 heavy (non-hydrogen) atoms. The molecule has 0 bridgehead atoms. The monoisotopic (exact) mass is 320 g/mol. The summed E-state index contributed by atoms with van der Waals surface area (Å²) in [6.07, 6.45) is -10.7. The number of aliphatic hydroxyl groups excluding tert-OH is 1. The molecule has 0 radical (unpaired) electrons. The molecule has 0 aromatic heterocycles. The molecule has 1 unspecified atom stereocenters. The van der Waals surface area contributed by atoms with Crippen LogP contribution in [0.5, 0.6) is 5.75 Å². The summed E-state index contributed by atoms with van der Waals surface area (Å²) in [6, 6.07) is 4.93. The Morgan fingerprint density at radius 1 is 1.00 bits per heavy atom. The number of hydrogen-bond donors (Lipinski definition) is 1. The first-order valence-electron chi connectivity index (χ1n) is 5.57. The number of alkyl halides is 7. The highest BCUT2D eigenvalue weighted by molar-refractivity contribution is 5.27. The lowest BCUT2D eigenvalue weighted by atomic mass is 9.98. The first-order chi connectivity index (χ1) is 9.43. The van der Waals surface area contributed by atoms with Crippen LogP contribution >= 0.6 is 0 Å². The number of hydrogen-bond acceptors (Lipinski definition) is 2. The van der Waals surface area contributed by atoms with Gasteiger partial charge in [0.05, 0.1) is 7.11 Å². The van der Waals surface area contributed by atoms with Gasteiger partial charge in [-0.05, 0) is 17.7 Å². The highest BCUT2D eigenvalue weighted by Gasteiger charge is 2.75. The maximum atomic E-state index is 13.2. The molecular formula is C12H11F7O2. The molecule has 2 nitrogen and oxygen atoms in total. The predicted molar refractivity (Wildman–Crippen MR) is 58.7 cm³/mol. The summed E-state index contributed by atoms with van der Waals surface area (Å²) < 4.78 is 92.5. The molecule has 1 rings (SSSR count). The molecule has 0 aliphatic rings. The van der Waals surface area contributed by atoms with Crippen LogP contribution < -0.4 is 4.74 Å². The van der Waals surface area contributed by atoms with Gasteiger partial charge in [0.15, 0.2) is 0 Å². The fourth-order valence-corrected chi connectivity index (χ4v) is 1.51. The zero-order valence-corrected chi connectivity index (χ0v) is 10.6. The summed E-state index contributed by atoms with van der Waals surface area (Å²) in [5.41, 5.74) is -0.0408. The number of rotatable bonds is 5. The van der Waals surface area contributed by atoms with Crippen molar-refractivity contribution >= 4 is 0 Å². The Labute approximate surface area is 115 Å². The maximum Gasteiger partial charge on any atom is 0.459 e. The largest absolute Gasteiger partial charge is 0.497 e. The molecule has 0 amide bonds. The third-order valence-electron chi connectivity index (χ3n) is 2.78. The van der Waals surface area contributed by atoms with Gasteiger partial charge in [-0.15, -0.1) is 0 Å². The Morgan fingerprint density at radius 2 is 1.48 bits per heavy atom. The van der Waals surface area contributed by atoms with Gasteiger partial charge in [-0.1, -0.05) is 12.1 Å². The van der Waals surface area contributed by atoms with Gasteiger partial charge in [-0.25, -0.2) is 0 Å². The molecule has 120 valence electrons. The summed E-state index contributed by atoms with van der Waals surface area (Å²) >= 11 is 0. The molecule has 1 aromatic carbocycles.